The zero-order valence-electron chi connectivity index (χ0n) is 10.3. The van der Waals surface area contributed by atoms with Crippen LogP contribution in [0.15, 0.2) is 36.4 Å². The van der Waals surface area contributed by atoms with E-state index >= 15 is 0 Å². The zero-order chi connectivity index (χ0) is 12.0. The number of methoxy groups -OCH3 is 2. The Morgan fingerprint density at radius 1 is 0.750 bits per heavy atom. The van der Waals surface area contributed by atoms with Crippen molar-refractivity contribution in [3.63, 3.8) is 0 Å². The molecule has 2 nitrogen and oxygen atoms in total. The molecule has 0 spiro atoms. The summed E-state index contributed by atoms with van der Waals surface area (Å²) in [4.78, 5) is 0. The van der Waals surface area contributed by atoms with Crippen LogP contribution in [0, 0.1) is 0 Å². The molecule has 0 radical (unpaired) electrons. The minimum atomic E-state index is 0.770. The van der Waals surface area contributed by atoms with Gasteiger partial charge in [0, 0.05) is 0 Å². The number of ether oxygens (including phenoxy) is 2. The van der Waals surface area contributed by atoms with Gasteiger partial charge in [0.05, 0.1) is 14.2 Å². The van der Waals surface area contributed by atoms with Crippen LogP contribution < -0.4 is 9.47 Å². The fourth-order valence-electron chi connectivity index (χ4n) is 1.52. The molecule has 86 valence electrons. The smallest absolute Gasteiger partial charge is 0.161 e. The van der Waals surface area contributed by atoms with Crippen LogP contribution >= 0.6 is 0 Å². The van der Waals surface area contributed by atoms with Gasteiger partial charge in [-0.3, -0.25) is 0 Å². The van der Waals surface area contributed by atoms with Crippen molar-refractivity contribution in [3.05, 3.63) is 36.4 Å². The summed E-state index contributed by atoms with van der Waals surface area (Å²) in [6.07, 6.45) is 0. The predicted molar refractivity (Wildman–Crippen MR) is 68.4 cm³/mol. The Bertz CT molecular complexity index is 407. The Morgan fingerprint density at radius 3 is 1.44 bits per heavy atom. The number of benzene rings is 2. The van der Waals surface area contributed by atoms with Gasteiger partial charge in [-0.15, -0.1) is 0 Å². The van der Waals surface area contributed by atoms with Gasteiger partial charge in [-0.25, -0.2) is 0 Å². The van der Waals surface area contributed by atoms with Crippen LogP contribution in [0.25, 0.3) is 10.8 Å². The molecule has 0 heterocycles. The van der Waals surface area contributed by atoms with E-state index in [0.717, 1.165) is 22.3 Å². The van der Waals surface area contributed by atoms with Crippen LogP contribution in [0.5, 0.6) is 11.5 Å². The van der Waals surface area contributed by atoms with Gasteiger partial charge in [0.1, 0.15) is 0 Å². The van der Waals surface area contributed by atoms with Crippen LogP contribution in [0.2, 0.25) is 0 Å². The van der Waals surface area contributed by atoms with Crippen molar-refractivity contribution < 1.29 is 9.47 Å². The van der Waals surface area contributed by atoms with E-state index in [1.807, 2.05) is 38.1 Å². The summed E-state index contributed by atoms with van der Waals surface area (Å²) in [5, 5.41) is 2.32. The Morgan fingerprint density at radius 2 is 1.12 bits per heavy atom. The molecule has 0 bridgehead atoms. The standard InChI is InChI=1S/C12H12O2.C2H6/c1-13-11-7-9-5-3-4-6-10(9)8-12(11)14-2;1-2/h3-8H,1-2H3;1-2H3. The molecule has 0 saturated heterocycles. The summed E-state index contributed by atoms with van der Waals surface area (Å²) in [7, 11) is 3.29. The van der Waals surface area contributed by atoms with E-state index in [1.165, 1.54) is 0 Å². The molecular weight excluding hydrogens is 200 g/mol. The minimum Gasteiger partial charge on any atom is -0.493 e. The highest BCUT2D eigenvalue weighted by atomic mass is 16.5. The quantitative estimate of drug-likeness (QED) is 0.761. The lowest BCUT2D eigenvalue weighted by Gasteiger charge is -2.08. The largest absolute Gasteiger partial charge is 0.493 e. The Labute approximate surface area is 96.8 Å². The number of hydrogen-bond donors (Lipinski definition) is 0. The first-order valence-corrected chi connectivity index (χ1v) is 5.46. The summed E-state index contributed by atoms with van der Waals surface area (Å²) in [5.41, 5.74) is 0. The van der Waals surface area contributed by atoms with Crippen molar-refractivity contribution in [1.82, 2.24) is 0 Å². The third-order valence-electron chi connectivity index (χ3n) is 2.25. The summed E-state index contributed by atoms with van der Waals surface area (Å²) in [6.45, 7) is 4.00. The van der Waals surface area contributed by atoms with Crippen molar-refractivity contribution in [1.29, 1.82) is 0 Å². The normalized spacial score (nSPS) is 9.25. The number of fused-ring (bicyclic) bond motifs is 1. The molecule has 2 rings (SSSR count). The van der Waals surface area contributed by atoms with Gasteiger partial charge >= 0.3 is 0 Å². The highest BCUT2D eigenvalue weighted by molar-refractivity contribution is 5.86. The van der Waals surface area contributed by atoms with Gasteiger partial charge < -0.3 is 9.47 Å². The van der Waals surface area contributed by atoms with E-state index in [9.17, 15) is 0 Å². The fraction of sp³-hybridized carbons (Fsp3) is 0.286. The van der Waals surface area contributed by atoms with E-state index in [1.54, 1.807) is 14.2 Å². The number of hydrogen-bond acceptors (Lipinski definition) is 2. The van der Waals surface area contributed by atoms with Gasteiger partial charge in [-0.2, -0.15) is 0 Å². The van der Waals surface area contributed by atoms with Gasteiger partial charge in [-0.1, -0.05) is 38.1 Å². The SMILES string of the molecule is CC.COc1cc2ccccc2cc1OC. The molecular formula is C14H18O2. The maximum atomic E-state index is 5.22. The van der Waals surface area contributed by atoms with Crippen LogP contribution in [-0.2, 0) is 0 Å². The van der Waals surface area contributed by atoms with E-state index in [0.29, 0.717) is 0 Å². The third-order valence-corrected chi connectivity index (χ3v) is 2.25. The summed E-state index contributed by atoms with van der Waals surface area (Å²) in [5.74, 6) is 1.54. The lowest BCUT2D eigenvalue weighted by Crippen LogP contribution is -1.90. The molecule has 0 N–H and O–H groups in total. The summed E-state index contributed by atoms with van der Waals surface area (Å²) < 4.78 is 10.4. The summed E-state index contributed by atoms with van der Waals surface area (Å²) in [6, 6.07) is 12.1. The highest BCUT2D eigenvalue weighted by Crippen LogP contribution is 2.31. The van der Waals surface area contributed by atoms with E-state index in [2.05, 4.69) is 12.1 Å². The lowest BCUT2D eigenvalue weighted by atomic mass is 10.1. The second-order valence-corrected chi connectivity index (χ2v) is 3.05. The fourth-order valence-corrected chi connectivity index (χ4v) is 1.52. The van der Waals surface area contributed by atoms with Crippen molar-refractivity contribution >= 4 is 10.8 Å². The molecule has 0 amide bonds. The van der Waals surface area contributed by atoms with Crippen LogP contribution in [-0.4, -0.2) is 14.2 Å². The van der Waals surface area contributed by atoms with Crippen molar-refractivity contribution in [2.75, 3.05) is 14.2 Å². The van der Waals surface area contributed by atoms with Crippen molar-refractivity contribution in [2.24, 2.45) is 0 Å². The Balaban J connectivity index is 0.000000606. The van der Waals surface area contributed by atoms with E-state index < -0.39 is 0 Å². The first kappa shape index (κ1) is 12.4. The van der Waals surface area contributed by atoms with Crippen LogP contribution in [0.1, 0.15) is 13.8 Å². The molecule has 2 heteroatoms. The summed E-state index contributed by atoms with van der Waals surface area (Å²) >= 11 is 0. The van der Waals surface area contributed by atoms with E-state index in [4.69, 9.17) is 9.47 Å². The molecule has 0 aromatic heterocycles. The Hall–Kier alpha value is -1.70. The lowest BCUT2D eigenvalue weighted by molar-refractivity contribution is 0.356. The second-order valence-electron chi connectivity index (χ2n) is 3.05. The van der Waals surface area contributed by atoms with Gasteiger partial charge in [0.25, 0.3) is 0 Å². The van der Waals surface area contributed by atoms with Crippen LogP contribution in [0.4, 0.5) is 0 Å². The molecule has 0 saturated carbocycles. The second kappa shape index (κ2) is 6.01. The van der Waals surface area contributed by atoms with E-state index in [-0.39, 0.29) is 0 Å². The van der Waals surface area contributed by atoms with Gasteiger partial charge in [-0.05, 0) is 22.9 Å². The first-order chi connectivity index (χ1) is 7.85. The molecule has 0 fully saturated rings. The monoisotopic (exact) mass is 218 g/mol. The average Bonchev–Trinajstić information content (AvgIpc) is 2.39. The molecule has 2 aromatic carbocycles. The Kier molecular flexibility index (Phi) is 4.65. The average molecular weight is 218 g/mol. The molecule has 0 aliphatic rings. The molecule has 0 atom stereocenters. The maximum Gasteiger partial charge on any atom is 0.161 e. The topological polar surface area (TPSA) is 18.5 Å². The van der Waals surface area contributed by atoms with Gasteiger partial charge in [0.15, 0.2) is 11.5 Å². The molecule has 2 aromatic rings. The molecule has 0 aliphatic carbocycles. The maximum absolute atomic E-state index is 5.22. The predicted octanol–water partition coefficient (Wildman–Crippen LogP) is 3.88. The molecule has 0 aliphatic heterocycles. The van der Waals surface area contributed by atoms with Crippen molar-refractivity contribution in [2.45, 2.75) is 13.8 Å². The van der Waals surface area contributed by atoms with Crippen molar-refractivity contribution in [3.8, 4) is 11.5 Å². The third kappa shape index (κ3) is 2.45. The minimum absolute atomic E-state index is 0.770. The van der Waals surface area contributed by atoms with Gasteiger partial charge in [0.2, 0.25) is 0 Å². The number of rotatable bonds is 2. The first-order valence-electron chi connectivity index (χ1n) is 5.46. The molecule has 16 heavy (non-hydrogen) atoms. The van der Waals surface area contributed by atoms with Crippen LogP contribution in [0.3, 0.4) is 0 Å². The zero-order valence-corrected chi connectivity index (χ0v) is 10.3. The highest BCUT2D eigenvalue weighted by Gasteiger charge is 2.04. The molecule has 0 unspecified atom stereocenters.